The number of rotatable bonds is 8. The fourth-order valence-electron chi connectivity index (χ4n) is 3.09. The van der Waals surface area contributed by atoms with Crippen LogP contribution in [0.2, 0.25) is 0 Å². The van der Waals surface area contributed by atoms with Crippen molar-refractivity contribution in [1.29, 1.82) is 0 Å². The quantitative estimate of drug-likeness (QED) is 0.440. The number of carbonyl (C=O) groups excluding carboxylic acids is 4. The summed E-state index contributed by atoms with van der Waals surface area (Å²) in [4.78, 5) is 52.7. The molecule has 0 spiro atoms. The average Bonchev–Trinajstić information content (AvgIpc) is 3.44. The topological polar surface area (TPSA) is 141 Å². The zero-order valence-corrected chi connectivity index (χ0v) is 18.7. The zero-order chi connectivity index (χ0) is 24.1. The van der Waals surface area contributed by atoms with Gasteiger partial charge in [-0.3, -0.25) is 14.4 Å². The van der Waals surface area contributed by atoms with Gasteiger partial charge in [-0.2, -0.15) is 0 Å². The predicted molar refractivity (Wildman–Crippen MR) is 120 cm³/mol. The molecule has 0 radical (unpaired) electrons. The lowest BCUT2D eigenvalue weighted by atomic mass is 10.3. The third-order valence-electron chi connectivity index (χ3n) is 4.79. The molecular weight excluding hydrogens is 430 g/mol. The molecule has 3 aromatic heterocycles. The van der Waals surface area contributed by atoms with Crippen molar-refractivity contribution in [3.63, 3.8) is 0 Å². The number of nitrogens with zero attached hydrogens (tertiary/aromatic N) is 4. The number of imidazole rings is 1. The van der Waals surface area contributed by atoms with Crippen LogP contribution in [-0.4, -0.2) is 49.5 Å². The van der Waals surface area contributed by atoms with E-state index < -0.39 is 17.8 Å². The number of methoxy groups -OCH3 is 1. The summed E-state index contributed by atoms with van der Waals surface area (Å²) in [6.07, 6.45) is 4.80. The monoisotopic (exact) mass is 455 g/mol. The molecule has 3 amide bonds. The molecule has 174 valence electrons. The number of esters is 1. The van der Waals surface area contributed by atoms with Crippen LogP contribution >= 0.6 is 0 Å². The van der Waals surface area contributed by atoms with Gasteiger partial charge in [0, 0.05) is 52.6 Å². The van der Waals surface area contributed by atoms with Gasteiger partial charge in [-0.05, 0) is 18.2 Å². The van der Waals surface area contributed by atoms with Gasteiger partial charge in [0.2, 0.25) is 17.6 Å². The number of ether oxygens (including phenoxy) is 1. The Balaban J connectivity index is 1.55. The van der Waals surface area contributed by atoms with Gasteiger partial charge in [0.1, 0.15) is 11.5 Å². The fourth-order valence-corrected chi connectivity index (χ4v) is 3.09. The molecule has 0 aliphatic heterocycles. The number of amides is 3. The molecular formula is C21H25N7O5. The van der Waals surface area contributed by atoms with Gasteiger partial charge in [-0.15, -0.1) is 0 Å². The minimum atomic E-state index is -0.530. The Kier molecular flexibility index (Phi) is 6.96. The number of aryl methyl sites for hydroxylation is 3. The number of aromatic nitrogens is 4. The van der Waals surface area contributed by atoms with Crippen molar-refractivity contribution in [1.82, 2.24) is 18.7 Å². The predicted octanol–water partition coefficient (Wildman–Crippen LogP) is 1.49. The molecule has 0 aliphatic rings. The first kappa shape index (κ1) is 23.3. The fraction of sp³-hybridized carbons (Fsp3) is 0.286. The molecule has 3 rings (SSSR count). The van der Waals surface area contributed by atoms with Crippen molar-refractivity contribution >= 4 is 41.0 Å². The molecule has 0 fully saturated rings. The second-order valence-corrected chi connectivity index (χ2v) is 7.33. The third kappa shape index (κ3) is 5.67. The van der Waals surface area contributed by atoms with E-state index in [0.29, 0.717) is 11.5 Å². The third-order valence-corrected chi connectivity index (χ3v) is 4.79. The van der Waals surface area contributed by atoms with Crippen LogP contribution in [0.1, 0.15) is 33.9 Å². The van der Waals surface area contributed by atoms with E-state index in [-0.39, 0.29) is 36.1 Å². The van der Waals surface area contributed by atoms with Crippen molar-refractivity contribution in [2.24, 2.45) is 21.1 Å². The summed E-state index contributed by atoms with van der Waals surface area (Å²) in [6.45, 7) is 0. The molecule has 3 N–H and O–H groups in total. The molecule has 0 aliphatic carbocycles. The van der Waals surface area contributed by atoms with E-state index in [9.17, 15) is 19.2 Å². The van der Waals surface area contributed by atoms with Crippen molar-refractivity contribution in [3.05, 3.63) is 48.3 Å². The maximum absolute atomic E-state index is 12.6. The lowest BCUT2D eigenvalue weighted by Gasteiger charge is -2.06. The summed E-state index contributed by atoms with van der Waals surface area (Å²) >= 11 is 0. The molecule has 33 heavy (non-hydrogen) atoms. The largest absolute Gasteiger partial charge is 0.464 e. The number of hydrogen-bond acceptors (Lipinski definition) is 6. The maximum Gasteiger partial charge on any atom is 0.354 e. The first-order chi connectivity index (χ1) is 15.7. The van der Waals surface area contributed by atoms with E-state index in [2.05, 4.69) is 25.7 Å². The van der Waals surface area contributed by atoms with Crippen molar-refractivity contribution < 1.29 is 23.9 Å². The summed E-state index contributed by atoms with van der Waals surface area (Å²) in [5.74, 6) is -0.888. The highest BCUT2D eigenvalue weighted by atomic mass is 16.5. The number of hydrogen-bond donors (Lipinski definition) is 3. The van der Waals surface area contributed by atoms with Crippen LogP contribution in [0.3, 0.4) is 0 Å². The second-order valence-electron chi connectivity index (χ2n) is 7.33. The van der Waals surface area contributed by atoms with E-state index in [4.69, 9.17) is 0 Å². The van der Waals surface area contributed by atoms with Gasteiger partial charge in [0.25, 0.3) is 5.91 Å². The van der Waals surface area contributed by atoms with Gasteiger partial charge in [0.05, 0.1) is 12.8 Å². The van der Waals surface area contributed by atoms with Crippen LogP contribution in [0.25, 0.3) is 0 Å². The average molecular weight is 455 g/mol. The highest BCUT2D eigenvalue weighted by Crippen LogP contribution is 2.16. The van der Waals surface area contributed by atoms with Gasteiger partial charge in [0.15, 0.2) is 5.82 Å². The first-order valence-electron chi connectivity index (χ1n) is 9.98. The summed E-state index contributed by atoms with van der Waals surface area (Å²) in [7, 11) is 6.33. The van der Waals surface area contributed by atoms with Crippen LogP contribution in [0.5, 0.6) is 0 Å². The Labute approximate surface area is 189 Å². The molecule has 0 aromatic carbocycles. The summed E-state index contributed by atoms with van der Waals surface area (Å²) in [6, 6.07) is 5.03. The van der Waals surface area contributed by atoms with Crippen molar-refractivity contribution in [2.75, 3.05) is 23.1 Å². The van der Waals surface area contributed by atoms with E-state index in [0.717, 1.165) is 0 Å². The maximum atomic E-state index is 12.6. The standard InChI is InChI=1S/C21H25N7O5/c1-26-9-5-6-16(26)25-18(30)8-7-17(29)23-15-12-28(3)19(24-15)20(31)22-13-10-14(21(32)33-4)27(2)11-13/h5-6,9-12H,7-8H2,1-4H3,(H,22,31)(H,23,29)(H,25,30). The summed E-state index contributed by atoms with van der Waals surface area (Å²) in [5, 5.41) is 7.95. The summed E-state index contributed by atoms with van der Waals surface area (Å²) in [5.41, 5.74) is 0.664. The Morgan fingerprint density at radius 3 is 2.27 bits per heavy atom. The van der Waals surface area contributed by atoms with Crippen LogP contribution in [-0.2, 0) is 35.5 Å². The van der Waals surface area contributed by atoms with Crippen molar-refractivity contribution in [3.8, 4) is 0 Å². The number of carbonyl (C=O) groups is 4. The normalized spacial score (nSPS) is 10.5. The van der Waals surface area contributed by atoms with Crippen LogP contribution in [0.4, 0.5) is 17.3 Å². The van der Waals surface area contributed by atoms with Crippen LogP contribution in [0, 0.1) is 0 Å². The Bertz CT molecular complexity index is 1200. The highest BCUT2D eigenvalue weighted by molar-refractivity contribution is 6.03. The molecule has 0 saturated heterocycles. The molecule has 12 heteroatoms. The first-order valence-corrected chi connectivity index (χ1v) is 9.98. The Hall–Kier alpha value is -4.35. The van der Waals surface area contributed by atoms with Gasteiger partial charge < -0.3 is 34.4 Å². The Morgan fingerprint density at radius 1 is 0.939 bits per heavy atom. The molecule has 3 aromatic rings. The van der Waals surface area contributed by atoms with Gasteiger partial charge in [-0.1, -0.05) is 0 Å². The van der Waals surface area contributed by atoms with E-state index in [1.807, 2.05) is 0 Å². The van der Waals surface area contributed by atoms with Crippen LogP contribution in [0.15, 0.2) is 36.8 Å². The van der Waals surface area contributed by atoms with E-state index >= 15 is 0 Å². The zero-order valence-electron chi connectivity index (χ0n) is 18.7. The second kappa shape index (κ2) is 9.85. The molecule has 0 bridgehead atoms. The highest BCUT2D eigenvalue weighted by Gasteiger charge is 2.18. The molecule has 0 unspecified atom stereocenters. The minimum Gasteiger partial charge on any atom is -0.464 e. The number of anilines is 3. The number of nitrogens with one attached hydrogen (secondary N) is 3. The van der Waals surface area contributed by atoms with E-state index in [1.165, 1.54) is 28.5 Å². The molecule has 12 nitrogen and oxygen atoms in total. The minimum absolute atomic E-state index is 0.00623. The SMILES string of the molecule is COC(=O)c1cc(NC(=O)c2nc(NC(=O)CCC(=O)Nc3cccn3C)cn2C)cn1C. The van der Waals surface area contributed by atoms with Crippen LogP contribution < -0.4 is 16.0 Å². The van der Waals surface area contributed by atoms with Gasteiger partial charge in [-0.25, -0.2) is 9.78 Å². The summed E-state index contributed by atoms with van der Waals surface area (Å²) < 4.78 is 9.43. The lowest BCUT2D eigenvalue weighted by molar-refractivity contribution is -0.121. The van der Waals surface area contributed by atoms with Crippen molar-refractivity contribution in [2.45, 2.75) is 12.8 Å². The Morgan fingerprint density at radius 2 is 1.64 bits per heavy atom. The molecule has 0 atom stereocenters. The lowest BCUT2D eigenvalue weighted by Crippen LogP contribution is -2.18. The van der Waals surface area contributed by atoms with Gasteiger partial charge >= 0.3 is 5.97 Å². The molecule has 3 heterocycles. The smallest absolute Gasteiger partial charge is 0.354 e. The molecule has 0 saturated carbocycles. The van der Waals surface area contributed by atoms with E-state index in [1.54, 1.807) is 50.2 Å².